The van der Waals surface area contributed by atoms with Gasteiger partial charge in [-0.05, 0) is 68.9 Å². The second-order valence-corrected chi connectivity index (χ2v) is 9.82. The first-order valence-corrected chi connectivity index (χ1v) is 11.6. The molecule has 29 heavy (non-hydrogen) atoms. The van der Waals surface area contributed by atoms with Crippen LogP contribution in [0, 0.1) is 26.7 Å². The zero-order valence-electron chi connectivity index (χ0n) is 17.7. The standard InChI is InChI=1S/C23H30N2O3S/c1-5-19-7-6-8-21(15-19)24-23(26)20-9-11-25(12-10-20)29(27,28)22-17(3)13-16(2)14-18(22)4/h6-8,13-15,20H,5,9-12H2,1-4H3,(H,24,26). The molecular weight excluding hydrogens is 384 g/mol. The number of nitrogens with zero attached hydrogens (tertiary/aromatic N) is 1. The average Bonchev–Trinajstić information content (AvgIpc) is 2.67. The van der Waals surface area contributed by atoms with Crippen LogP contribution in [0.3, 0.4) is 0 Å². The molecule has 0 saturated carbocycles. The summed E-state index contributed by atoms with van der Waals surface area (Å²) < 4.78 is 27.9. The molecule has 0 aromatic heterocycles. The number of amides is 1. The molecule has 2 aromatic carbocycles. The highest BCUT2D eigenvalue weighted by Crippen LogP contribution is 2.29. The SMILES string of the molecule is CCc1cccc(NC(=O)C2CCN(S(=O)(=O)c3c(C)cc(C)cc3C)CC2)c1. The van der Waals surface area contributed by atoms with Crippen molar-refractivity contribution in [1.29, 1.82) is 0 Å². The highest BCUT2D eigenvalue weighted by molar-refractivity contribution is 7.89. The van der Waals surface area contributed by atoms with E-state index in [2.05, 4.69) is 12.2 Å². The van der Waals surface area contributed by atoms with Crippen LogP contribution in [0.4, 0.5) is 5.69 Å². The summed E-state index contributed by atoms with van der Waals surface area (Å²) in [6.07, 6.45) is 1.97. The van der Waals surface area contributed by atoms with Crippen LogP contribution in [-0.2, 0) is 21.2 Å². The molecule has 1 aliphatic heterocycles. The molecule has 0 unspecified atom stereocenters. The van der Waals surface area contributed by atoms with E-state index in [1.54, 1.807) is 0 Å². The lowest BCUT2D eigenvalue weighted by Gasteiger charge is -2.31. The summed E-state index contributed by atoms with van der Waals surface area (Å²) in [6, 6.07) is 11.7. The number of rotatable bonds is 5. The lowest BCUT2D eigenvalue weighted by Crippen LogP contribution is -2.41. The van der Waals surface area contributed by atoms with Gasteiger partial charge in [-0.2, -0.15) is 4.31 Å². The van der Waals surface area contributed by atoms with Crippen LogP contribution in [0.2, 0.25) is 0 Å². The maximum absolute atomic E-state index is 13.2. The summed E-state index contributed by atoms with van der Waals surface area (Å²) in [5.74, 6) is -0.204. The van der Waals surface area contributed by atoms with Gasteiger partial charge in [0.05, 0.1) is 4.90 Å². The zero-order valence-corrected chi connectivity index (χ0v) is 18.5. The molecule has 0 aliphatic carbocycles. The third kappa shape index (κ3) is 4.70. The summed E-state index contributed by atoms with van der Waals surface area (Å²) in [5.41, 5.74) is 4.58. The maximum atomic E-state index is 13.2. The van der Waals surface area contributed by atoms with E-state index in [-0.39, 0.29) is 11.8 Å². The van der Waals surface area contributed by atoms with E-state index in [0.717, 1.165) is 28.8 Å². The van der Waals surface area contributed by atoms with Crippen molar-refractivity contribution in [2.24, 2.45) is 5.92 Å². The van der Waals surface area contributed by atoms with Crippen molar-refractivity contribution in [3.8, 4) is 0 Å². The predicted octanol–water partition coefficient (Wildman–Crippen LogP) is 4.21. The minimum Gasteiger partial charge on any atom is -0.326 e. The van der Waals surface area contributed by atoms with Gasteiger partial charge in [0.15, 0.2) is 0 Å². The molecule has 156 valence electrons. The van der Waals surface area contributed by atoms with Crippen molar-refractivity contribution in [2.45, 2.75) is 51.9 Å². The van der Waals surface area contributed by atoms with Crippen LogP contribution in [0.1, 0.15) is 42.0 Å². The van der Waals surface area contributed by atoms with Gasteiger partial charge in [-0.1, -0.05) is 36.8 Å². The molecule has 5 nitrogen and oxygen atoms in total. The van der Waals surface area contributed by atoms with Gasteiger partial charge in [0.1, 0.15) is 0 Å². The van der Waals surface area contributed by atoms with Crippen molar-refractivity contribution in [3.05, 3.63) is 58.7 Å². The van der Waals surface area contributed by atoms with Gasteiger partial charge >= 0.3 is 0 Å². The quantitative estimate of drug-likeness (QED) is 0.797. The molecule has 2 aromatic rings. The third-order valence-corrected chi connectivity index (χ3v) is 7.83. The van der Waals surface area contributed by atoms with Crippen LogP contribution in [0.15, 0.2) is 41.3 Å². The van der Waals surface area contributed by atoms with E-state index in [0.29, 0.717) is 30.8 Å². The predicted molar refractivity (Wildman–Crippen MR) is 117 cm³/mol. The molecule has 0 atom stereocenters. The molecule has 1 aliphatic rings. The Morgan fingerprint density at radius 1 is 1.07 bits per heavy atom. The van der Waals surface area contributed by atoms with Gasteiger partial charge in [0.2, 0.25) is 15.9 Å². The molecule has 1 amide bonds. The van der Waals surface area contributed by atoms with Gasteiger partial charge in [0.25, 0.3) is 0 Å². The van der Waals surface area contributed by atoms with Crippen LogP contribution in [0.5, 0.6) is 0 Å². The fraction of sp³-hybridized carbons (Fsp3) is 0.435. The minimum absolute atomic E-state index is 0.0296. The fourth-order valence-corrected chi connectivity index (χ4v) is 6.06. The number of sulfonamides is 1. The molecule has 1 saturated heterocycles. The Bertz CT molecular complexity index is 984. The zero-order chi connectivity index (χ0) is 21.2. The smallest absolute Gasteiger partial charge is 0.243 e. The van der Waals surface area contributed by atoms with Crippen molar-refractivity contribution in [1.82, 2.24) is 4.31 Å². The number of benzene rings is 2. The molecule has 3 rings (SSSR count). The number of nitrogens with one attached hydrogen (secondary N) is 1. The Balaban J connectivity index is 1.67. The number of piperidine rings is 1. The minimum atomic E-state index is -3.56. The van der Waals surface area contributed by atoms with E-state index in [9.17, 15) is 13.2 Å². The molecule has 0 radical (unpaired) electrons. The molecule has 1 N–H and O–H groups in total. The molecule has 1 heterocycles. The number of hydrogen-bond acceptors (Lipinski definition) is 3. The van der Waals surface area contributed by atoms with Gasteiger partial charge in [-0.15, -0.1) is 0 Å². The Kier molecular flexibility index (Phi) is 6.44. The monoisotopic (exact) mass is 414 g/mol. The summed E-state index contributed by atoms with van der Waals surface area (Å²) in [7, 11) is -3.56. The Morgan fingerprint density at radius 2 is 1.69 bits per heavy atom. The number of hydrogen-bond donors (Lipinski definition) is 1. The highest BCUT2D eigenvalue weighted by atomic mass is 32.2. The number of carbonyl (C=O) groups excluding carboxylic acids is 1. The van der Waals surface area contributed by atoms with Crippen LogP contribution in [-0.4, -0.2) is 31.7 Å². The summed E-state index contributed by atoms with van der Waals surface area (Å²) in [4.78, 5) is 13.1. The first-order valence-electron chi connectivity index (χ1n) is 10.2. The van der Waals surface area contributed by atoms with Gasteiger partial charge in [-0.3, -0.25) is 4.79 Å². The van der Waals surface area contributed by atoms with E-state index < -0.39 is 10.0 Å². The Morgan fingerprint density at radius 3 is 2.28 bits per heavy atom. The van der Waals surface area contributed by atoms with Gasteiger partial charge in [0, 0.05) is 24.7 Å². The van der Waals surface area contributed by atoms with Crippen molar-refractivity contribution < 1.29 is 13.2 Å². The normalized spacial score (nSPS) is 16.0. The van der Waals surface area contributed by atoms with Crippen molar-refractivity contribution in [2.75, 3.05) is 18.4 Å². The lowest BCUT2D eigenvalue weighted by atomic mass is 9.97. The highest BCUT2D eigenvalue weighted by Gasteiger charge is 2.33. The van der Waals surface area contributed by atoms with E-state index in [1.807, 2.05) is 57.2 Å². The first-order chi connectivity index (χ1) is 13.7. The first kappa shape index (κ1) is 21.5. The van der Waals surface area contributed by atoms with E-state index in [4.69, 9.17) is 0 Å². The number of anilines is 1. The van der Waals surface area contributed by atoms with Gasteiger partial charge in [-0.25, -0.2) is 8.42 Å². The largest absolute Gasteiger partial charge is 0.326 e. The fourth-order valence-electron chi connectivity index (χ4n) is 4.17. The van der Waals surface area contributed by atoms with Crippen LogP contribution < -0.4 is 5.32 Å². The topological polar surface area (TPSA) is 66.5 Å². The van der Waals surface area contributed by atoms with Crippen molar-refractivity contribution >= 4 is 21.6 Å². The Hall–Kier alpha value is -2.18. The second-order valence-electron chi connectivity index (χ2n) is 7.95. The van der Waals surface area contributed by atoms with Crippen molar-refractivity contribution in [3.63, 3.8) is 0 Å². The van der Waals surface area contributed by atoms with E-state index >= 15 is 0 Å². The molecular formula is C23H30N2O3S. The van der Waals surface area contributed by atoms with Crippen LogP contribution in [0.25, 0.3) is 0 Å². The second kappa shape index (κ2) is 8.67. The van der Waals surface area contributed by atoms with Gasteiger partial charge < -0.3 is 5.32 Å². The number of carbonyl (C=O) groups is 1. The maximum Gasteiger partial charge on any atom is 0.243 e. The average molecular weight is 415 g/mol. The van der Waals surface area contributed by atoms with Crippen LogP contribution >= 0.6 is 0 Å². The molecule has 1 fully saturated rings. The molecule has 0 bridgehead atoms. The molecule has 6 heteroatoms. The number of aryl methyl sites for hydroxylation is 4. The molecule has 0 spiro atoms. The summed E-state index contributed by atoms with van der Waals surface area (Å²) in [6.45, 7) is 8.46. The third-order valence-electron chi connectivity index (χ3n) is 5.63. The summed E-state index contributed by atoms with van der Waals surface area (Å²) >= 11 is 0. The van der Waals surface area contributed by atoms with E-state index in [1.165, 1.54) is 9.87 Å². The summed E-state index contributed by atoms with van der Waals surface area (Å²) in [5, 5.41) is 2.99. The lowest BCUT2D eigenvalue weighted by molar-refractivity contribution is -0.120. The Labute approximate surface area is 174 Å².